The number of hydrogen-bond donors (Lipinski definition) is 4. The summed E-state index contributed by atoms with van der Waals surface area (Å²) in [5.74, 6) is -1.99. The lowest BCUT2D eigenvalue weighted by Crippen LogP contribution is -2.50. The lowest BCUT2D eigenvalue weighted by Gasteiger charge is -2.22. The third kappa shape index (κ3) is 3.51. The van der Waals surface area contributed by atoms with E-state index in [1.807, 2.05) is 0 Å². The first-order valence-electron chi connectivity index (χ1n) is 8.06. The first kappa shape index (κ1) is 19.6. The molecular formula is C17H19ClFN5O2S. The lowest BCUT2D eigenvalue weighted by molar-refractivity contribution is 0.373. The SMILES string of the molecule is CC(C)S(=O)(=O)c1ccc(-c2c(F)cc(C3(N)N=C(N)NN3)cc2Cl)cc1. The number of hydrogen-bond acceptors (Lipinski definition) is 7. The topological polar surface area (TPSA) is 123 Å². The van der Waals surface area contributed by atoms with Crippen molar-refractivity contribution >= 4 is 27.4 Å². The first-order chi connectivity index (χ1) is 12.5. The van der Waals surface area contributed by atoms with Crippen molar-refractivity contribution in [2.75, 3.05) is 0 Å². The molecule has 1 heterocycles. The fourth-order valence-corrected chi connectivity index (χ4v) is 4.07. The van der Waals surface area contributed by atoms with Crippen molar-refractivity contribution in [3.63, 3.8) is 0 Å². The summed E-state index contributed by atoms with van der Waals surface area (Å²) in [7, 11) is -3.41. The third-order valence-corrected chi connectivity index (χ3v) is 6.72. The zero-order valence-electron chi connectivity index (χ0n) is 14.6. The van der Waals surface area contributed by atoms with E-state index in [4.69, 9.17) is 23.1 Å². The molecular weight excluding hydrogens is 393 g/mol. The Labute approximate surface area is 161 Å². The van der Waals surface area contributed by atoms with Crippen LogP contribution in [0.4, 0.5) is 4.39 Å². The molecule has 7 nitrogen and oxygen atoms in total. The number of guanidine groups is 1. The molecule has 144 valence electrons. The van der Waals surface area contributed by atoms with E-state index in [-0.39, 0.29) is 27.0 Å². The minimum atomic E-state index is -3.41. The lowest BCUT2D eigenvalue weighted by atomic mass is 10.0. The molecule has 0 fully saturated rings. The summed E-state index contributed by atoms with van der Waals surface area (Å²) in [5.41, 5.74) is 17.7. The van der Waals surface area contributed by atoms with Crippen molar-refractivity contribution in [3.8, 4) is 11.1 Å². The van der Waals surface area contributed by atoms with E-state index < -0.39 is 26.7 Å². The van der Waals surface area contributed by atoms with Crippen molar-refractivity contribution in [2.45, 2.75) is 29.8 Å². The van der Waals surface area contributed by atoms with Gasteiger partial charge >= 0.3 is 0 Å². The van der Waals surface area contributed by atoms with Crippen LogP contribution in [0.25, 0.3) is 11.1 Å². The fourth-order valence-electron chi connectivity index (χ4n) is 2.69. The van der Waals surface area contributed by atoms with Gasteiger partial charge in [-0.05, 0) is 43.7 Å². The zero-order valence-corrected chi connectivity index (χ0v) is 16.2. The molecule has 2 aromatic carbocycles. The molecule has 0 spiro atoms. The molecule has 1 aliphatic rings. The van der Waals surface area contributed by atoms with Gasteiger partial charge in [0.2, 0.25) is 11.7 Å². The van der Waals surface area contributed by atoms with Crippen LogP contribution in [0.1, 0.15) is 19.4 Å². The van der Waals surface area contributed by atoms with Crippen LogP contribution in [0.15, 0.2) is 46.3 Å². The molecule has 0 bridgehead atoms. The minimum Gasteiger partial charge on any atom is -0.369 e. The van der Waals surface area contributed by atoms with Gasteiger partial charge in [0.15, 0.2) is 9.84 Å². The standard InChI is InChI=1S/C17H19ClFN5O2S/c1-9(2)27(25,26)12-5-3-10(4-6-12)15-13(18)7-11(8-14(15)19)17(21)22-16(20)23-24-17/h3-9,24H,21H2,1-2H3,(H3,20,22,23). The number of hydrazine groups is 1. The van der Waals surface area contributed by atoms with Gasteiger partial charge in [-0.1, -0.05) is 23.7 Å². The molecule has 6 N–H and O–H groups in total. The Balaban J connectivity index is 2.01. The van der Waals surface area contributed by atoms with E-state index in [2.05, 4.69) is 15.8 Å². The average Bonchev–Trinajstić information content (AvgIpc) is 2.95. The van der Waals surface area contributed by atoms with Crippen molar-refractivity contribution < 1.29 is 12.8 Å². The molecule has 1 unspecified atom stereocenters. The molecule has 0 saturated heterocycles. The largest absolute Gasteiger partial charge is 0.369 e. The molecule has 0 radical (unpaired) electrons. The fraction of sp³-hybridized carbons (Fsp3) is 0.235. The van der Waals surface area contributed by atoms with Gasteiger partial charge < -0.3 is 5.73 Å². The van der Waals surface area contributed by atoms with Gasteiger partial charge in [-0.15, -0.1) is 0 Å². The number of nitrogens with one attached hydrogen (secondary N) is 2. The van der Waals surface area contributed by atoms with E-state index in [1.165, 1.54) is 36.4 Å². The van der Waals surface area contributed by atoms with E-state index in [0.29, 0.717) is 5.56 Å². The highest BCUT2D eigenvalue weighted by Crippen LogP contribution is 2.35. The van der Waals surface area contributed by atoms with Gasteiger partial charge in [0.1, 0.15) is 5.82 Å². The average molecular weight is 412 g/mol. The predicted octanol–water partition coefficient (Wildman–Crippen LogP) is 1.82. The monoisotopic (exact) mass is 411 g/mol. The zero-order chi connectivity index (χ0) is 20.0. The highest BCUT2D eigenvalue weighted by atomic mass is 35.5. The Bertz CT molecular complexity index is 1000. The number of aliphatic imine (C=N–C) groups is 1. The predicted molar refractivity (Wildman–Crippen MR) is 103 cm³/mol. The second-order valence-electron chi connectivity index (χ2n) is 6.45. The van der Waals surface area contributed by atoms with Crippen molar-refractivity contribution in [2.24, 2.45) is 16.5 Å². The van der Waals surface area contributed by atoms with Gasteiger partial charge in [-0.3, -0.25) is 11.2 Å². The summed E-state index contributed by atoms with van der Waals surface area (Å²) in [6.07, 6.45) is 0. The Kier molecular flexibility index (Phi) is 4.89. The molecule has 2 aromatic rings. The molecule has 3 rings (SSSR count). The number of sulfone groups is 1. The first-order valence-corrected chi connectivity index (χ1v) is 9.98. The normalized spacial score (nSPS) is 19.9. The molecule has 10 heteroatoms. The number of halogens is 2. The van der Waals surface area contributed by atoms with E-state index in [9.17, 15) is 12.8 Å². The van der Waals surface area contributed by atoms with Crippen LogP contribution in [-0.4, -0.2) is 19.6 Å². The summed E-state index contributed by atoms with van der Waals surface area (Å²) in [5, 5.41) is -0.444. The number of benzene rings is 2. The molecule has 0 aliphatic carbocycles. The molecule has 0 amide bonds. The molecule has 0 aromatic heterocycles. The summed E-state index contributed by atoms with van der Waals surface area (Å²) in [6.45, 7) is 3.20. The van der Waals surface area contributed by atoms with Crippen molar-refractivity contribution in [1.29, 1.82) is 0 Å². The van der Waals surface area contributed by atoms with Crippen LogP contribution in [0.5, 0.6) is 0 Å². The Hall–Kier alpha value is -2.20. The molecule has 0 saturated carbocycles. The second-order valence-corrected chi connectivity index (χ2v) is 9.36. The molecule has 27 heavy (non-hydrogen) atoms. The second kappa shape index (κ2) is 6.75. The van der Waals surface area contributed by atoms with Crippen molar-refractivity contribution in [3.05, 3.63) is 52.8 Å². The number of nitrogens with zero attached hydrogens (tertiary/aromatic N) is 1. The third-order valence-electron chi connectivity index (χ3n) is 4.25. The number of nitrogens with two attached hydrogens (primary N) is 2. The van der Waals surface area contributed by atoms with Crippen LogP contribution in [0, 0.1) is 5.82 Å². The van der Waals surface area contributed by atoms with E-state index >= 15 is 0 Å². The maximum atomic E-state index is 14.8. The highest BCUT2D eigenvalue weighted by molar-refractivity contribution is 7.92. The van der Waals surface area contributed by atoms with Crippen LogP contribution in [0.2, 0.25) is 5.02 Å². The quantitative estimate of drug-likeness (QED) is 0.608. The van der Waals surface area contributed by atoms with E-state index in [0.717, 1.165) is 0 Å². The maximum Gasteiger partial charge on any atom is 0.209 e. The Morgan fingerprint density at radius 1 is 1.22 bits per heavy atom. The molecule has 1 aliphatic heterocycles. The van der Waals surface area contributed by atoms with E-state index in [1.54, 1.807) is 13.8 Å². The smallest absolute Gasteiger partial charge is 0.209 e. The van der Waals surface area contributed by atoms with Crippen molar-refractivity contribution in [1.82, 2.24) is 10.9 Å². The van der Waals surface area contributed by atoms with Crippen LogP contribution >= 0.6 is 11.6 Å². The Morgan fingerprint density at radius 3 is 2.33 bits per heavy atom. The van der Waals surface area contributed by atoms with Crippen LogP contribution in [0.3, 0.4) is 0 Å². The summed E-state index contributed by atoms with van der Waals surface area (Å²) in [4.78, 5) is 4.16. The molecule has 1 atom stereocenters. The van der Waals surface area contributed by atoms with Gasteiger partial charge in [0, 0.05) is 11.1 Å². The maximum absolute atomic E-state index is 14.8. The Morgan fingerprint density at radius 2 is 1.85 bits per heavy atom. The van der Waals surface area contributed by atoms with Crippen LogP contribution < -0.4 is 22.3 Å². The highest BCUT2D eigenvalue weighted by Gasteiger charge is 2.33. The van der Waals surface area contributed by atoms with Gasteiger partial charge in [0.05, 0.1) is 15.2 Å². The van der Waals surface area contributed by atoms with Gasteiger partial charge in [0.25, 0.3) is 0 Å². The summed E-state index contributed by atoms with van der Waals surface area (Å²) >= 11 is 6.28. The summed E-state index contributed by atoms with van der Waals surface area (Å²) in [6, 6.07) is 8.59. The van der Waals surface area contributed by atoms with Crippen LogP contribution in [-0.2, 0) is 15.6 Å². The summed E-state index contributed by atoms with van der Waals surface area (Å²) < 4.78 is 39.2. The number of rotatable bonds is 4. The van der Waals surface area contributed by atoms with Gasteiger partial charge in [-0.2, -0.15) is 5.43 Å². The minimum absolute atomic E-state index is 0.0695. The van der Waals surface area contributed by atoms with Gasteiger partial charge in [-0.25, -0.2) is 17.8 Å².